The highest BCUT2D eigenvalue weighted by molar-refractivity contribution is 5.19. The molecule has 2 atom stereocenters. The molecule has 2 unspecified atom stereocenters. The van der Waals surface area contributed by atoms with Crippen molar-refractivity contribution in [1.29, 1.82) is 0 Å². The highest BCUT2D eigenvalue weighted by Crippen LogP contribution is 2.35. The Kier molecular flexibility index (Phi) is 5.35. The van der Waals surface area contributed by atoms with Crippen LogP contribution in [0.3, 0.4) is 0 Å². The molecule has 1 saturated heterocycles. The molecule has 1 heterocycles. The highest BCUT2D eigenvalue weighted by Gasteiger charge is 2.31. The first-order chi connectivity index (χ1) is 10.3. The van der Waals surface area contributed by atoms with Gasteiger partial charge in [0, 0.05) is 6.04 Å². The standard InChI is InChI=1S/C20H31N/c1-17(18-10-4-2-5-11-18)16-20(21-14-8-9-15-21)19-12-6-3-7-13-19/h2,4-5,10-11,17,19-20H,3,6-9,12-16H2,1H3. The third-order valence-electron chi connectivity index (χ3n) is 5.77. The van der Waals surface area contributed by atoms with E-state index in [1.54, 1.807) is 0 Å². The van der Waals surface area contributed by atoms with Gasteiger partial charge in [0.2, 0.25) is 0 Å². The molecule has 1 aromatic carbocycles. The van der Waals surface area contributed by atoms with Crippen molar-refractivity contribution < 1.29 is 0 Å². The average Bonchev–Trinajstić information content (AvgIpc) is 3.08. The van der Waals surface area contributed by atoms with Crippen molar-refractivity contribution in [3.63, 3.8) is 0 Å². The Bertz CT molecular complexity index is 401. The zero-order valence-corrected chi connectivity index (χ0v) is 13.6. The molecule has 2 fully saturated rings. The van der Waals surface area contributed by atoms with E-state index >= 15 is 0 Å². The molecule has 1 aliphatic heterocycles. The Labute approximate surface area is 130 Å². The van der Waals surface area contributed by atoms with Crippen LogP contribution in [0.1, 0.15) is 69.8 Å². The summed E-state index contributed by atoms with van der Waals surface area (Å²) in [7, 11) is 0. The van der Waals surface area contributed by atoms with Crippen molar-refractivity contribution in [2.24, 2.45) is 5.92 Å². The van der Waals surface area contributed by atoms with Gasteiger partial charge in [-0.25, -0.2) is 0 Å². The molecule has 0 radical (unpaired) electrons. The largest absolute Gasteiger partial charge is 0.300 e. The number of nitrogens with zero attached hydrogens (tertiary/aromatic N) is 1. The van der Waals surface area contributed by atoms with Crippen molar-refractivity contribution in [3.05, 3.63) is 35.9 Å². The molecule has 1 nitrogen and oxygen atoms in total. The second-order valence-corrected chi connectivity index (χ2v) is 7.26. The van der Waals surface area contributed by atoms with Crippen LogP contribution in [0, 0.1) is 5.92 Å². The number of hydrogen-bond acceptors (Lipinski definition) is 1. The minimum absolute atomic E-state index is 0.693. The molecular formula is C20H31N. The zero-order valence-electron chi connectivity index (χ0n) is 13.6. The molecule has 0 aromatic heterocycles. The van der Waals surface area contributed by atoms with Crippen LogP contribution in [0.25, 0.3) is 0 Å². The summed E-state index contributed by atoms with van der Waals surface area (Å²) in [5.74, 6) is 1.65. The summed E-state index contributed by atoms with van der Waals surface area (Å²) in [6.45, 7) is 5.13. The summed E-state index contributed by atoms with van der Waals surface area (Å²) in [5.41, 5.74) is 1.53. The van der Waals surface area contributed by atoms with Gasteiger partial charge in [-0.05, 0) is 62.6 Å². The summed E-state index contributed by atoms with van der Waals surface area (Å²) in [4.78, 5) is 2.83. The monoisotopic (exact) mass is 285 g/mol. The molecule has 116 valence electrons. The van der Waals surface area contributed by atoms with Gasteiger partial charge < -0.3 is 4.90 Å². The lowest BCUT2D eigenvalue weighted by Crippen LogP contribution is -2.40. The lowest BCUT2D eigenvalue weighted by Gasteiger charge is -2.38. The maximum atomic E-state index is 2.83. The lowest BCUT2D eigenvalue weighted by molar-refractivity contribution is 0.128. The molecule has 0 bridgehead atoms. The molecule has 0 N–H and O–H groups in total. The first kappa shape index (κ1) is 15.1. The highest BCUT2D eigenvalue weighted by atomic mass is 15.2. The van der Waals surface area contributed by atoms with Crippen molar-refractivity contribution in [1.82, 2.24) is 4.90 Å². The number of hydrogen-bond donors (Lipinski definition) is 0. The van der Waals surface area contributed by atoms with Crippen LogP contribution in [-0.2, 0) is 0 Å². The molecule has 1 heteroatoms. The van der Waals surface area contributed by atoms with E-state index in [0.29, 0.717) is 5.92 Å². The topological polar surface area (TPSA) is 3.24 Å². The van der Waals surface area contributed by atoms with Crippen LogP contribution in [0.15, 0.2) is 30.3 Å². The van der Waals surface area contributed by atoms with Crippen molar-refractivity contribution >= 4 is 0 Å². The normalized spacial score (nSPS) is 24.0. The third kappa shape index (κ3) is 3.88. The van der Waals surface area contributed by atoms with Gasteiger partial charge in [0.25, 0.3) is 0 Å². The van der Waals surface area contributed by atoms with Crippen LogP contribution in [-0.4, -0.2) is 24.0 Å². The van der Waals surface area contributed by atoms with Crippen molar-refractivity contribution in [3.8, 4) is 0 Å². The van der Waals surface area contributed by atoms with Gasteiger partial charge in [0.1, 0.15) is 0 Å². The maximum Gasteiger partial charge on any atom is 0.0129 e. The van der Waals surface area contributed by atoms with Gasteiger partial charge in [-0.2, -0.15) is 0 Å². The Morgan fingerprint density at radius 3 is 2.29 bits per heavy atom. The van der Waals surface area contributed by atoms with Crippen molar-refractivity contribution in [2.75, 3.05) is 13.1 Å². The van der Waals surface area contributed by atoms with Gasteiger partial charge in [0.05, 0.1) is 0 Å². The molecule has 1 aromatic rings. The van der Waals surface area contributed by atoms with Crippen LogP contribution in [0.4, 0.5) is 0 Å². The van der Waals surface area contributed by atoms with Gasteiger partial charge in [-0.1, -0.05) is 56.5 Å². The summed E-state index contributed by atoms with van der Waals surface area (Å²) in [5, 5.41) is 0. The summed E-state index contributed by atoms with van der Waals surface area (Å²) < 4.78 is 0. The fraction of sp³-hybridized carbons (Fsp3) is 0.700. The van der Waals surface area contributed by atoms with E-state index in [2.05, 4.69) is 42.2 Å². The molecule has 3 rings (SSSR count). The molecular weight excluding hydrogens is 254 g/mol. The van der Waals surface area contributed by atoms with Gasteiger partial charge in [-0.3, -0.25) is 0 Å². The van der Waals surface area contributed by atoms with Gasteiger partial charge in [-0.15, -0.1) is 0 Å². The molecule has 0 spiro atoms. The average molecular weight is 285 g/mol. The minimum atomic E-state index is 0.693. The van der Waals surface area contributed by atoms with Crippen LogP contribution >= 0.6 is 0 Å². The predicted molar refractivity (Wildman–Crippen MR) is 90.6 cm³/mol. The molecule has 2 aliphatic rings. The van der Waals surface area contributed by atoms with Crippen LogP contribution < -0.4 is 0 Å². The Morgan fingerprint density at radius 2 is 1.62 bits per heavy atom. The first-order valence-corrected chi connectivity index (χ1v) is 9.13. The van der Waals surface area contributed by atoms with E-state index in [-0.39, 0.29) is 0 Å². The summed E-state index contributed by atoms with van der Waals surface area (Å²) >= 11 is 0. The first-order valence-electron chi connectivity index (χ1n) is 9.13. The molecule has 21 heavy (non-hydrogen) atoms. The number of benzene rings is 1. The fourth-order valence-electron chi connectivity index (χ4n) is 4.51. The third-order valence-corrected chi connectivity index (χ3v) is 5.77. The second-order valence-electron chi connectivity index (χ2n) is 7.26. The van der Waals surface area contributed by atoms with E-state index in [1.165, 1.54) is 70.0 Å². The zero-order chi connectivity index (χ0) is 14.5. The summed E-state index contributed by atoms with van der Waals surface area (Å²) in [6.07, 6.45) is 11.5. The van der Waals surface area contributed by atoms with Crippen LogP contribution in [0.2, 0.25) is 0 Å². The van der Waals surface area contributed by atoms with E-state index < -0.39 is 0 Å². The van der Waals surface area contributed by atoms with E-state index in [4.69, 9.17) is 0 Å². The van der Waals surface area contributed by atoms with Crippen molar-refractivity contribution in [2.45, 2.75) is 70.3 Å². The van der Waals surface area contributed by atoms with E-state index in [0.717, 1.165) is 12.0 Å². The van der Waals surface area contributed by atoms with Gasteiger partial charge >= 0.3 is 0 Å². The molecule has 1 aliphatic carbocycles. The number of rotatable bonds is 5. The number of likely N-dealkylation sites (tertiary alicyclic amines) is 1. The summed E-state index contributed by atoms with van der Waals surface area (Å²) in [6, 6.07) is 12.0. The van der Waals surface area contributed by atoms with E-state index in [1.807, 2.05) is 0 Å². The fourth-order valence-corrected chi connectivity index (χ4v) is 4.51. The van der Waals surface area contributed by atoms with Crippen LogP contribution in [0.5, 0.6) is 0 Å². The second kappa shape index (κ2) is 7.45. The lowest BCUT2D eigenvalue weighted by atomic mass is 9.79. The van der Waals surface area contributed by atoms with E-state index in [9.17, 15) is 0 Å². The SMILES string of the molecule is CC(CC(C1CCCCC1)N1CCCC1)c1ccccc1. The smallest absolute Gasteiger partial charge is 0.0129 e. The quantitative estimate of drug-likeness (QED) is 0.716. The Hall–Kier alpha value is -0.820. The Balaban J connectivity index is 1.68. The predicted octanol–water partition coefficient (Wildman–Crippen LogP) is 5.22. The van der Waals surface area contributed by atoms with Gasteiger partial charge in [0.15, 0.2) is 0 Å². The minimum Gasteiger partial charge on any atom is -0.300 e. The maximum absolute atomic E-state index is 2.83. The molecule has 1 saturated carbocycles. The Morgan fingerprint density at radius 1 is 0.952 bits per heavy atom. The molecule has 0 amide bonds.